The van der Waals surface area contributed by atoms with Crippen molar-refractivity contribution in [1.29, 1.82) is 0 Å². The molecule has 0 atom stereocenters. The minimum atomic E-state index is -0.0517. The van der Waals surface area contributed by atoms with Crippen LogP contribution in [0.2, 0.25) is 5.02 Å². The lowest BCUT2D eigenvalue weighted by Gasteiger charge is -2.11. The third kappa shape index (κ3) is 3.72. The first-order chi connectivity index (χ1) is 9.56. The van der Waals surface area contributed by atoms with Crippen LogP contribution in [0, 0.1) is 0 Å². The van der Waals surface area contributed by atoms with Crippen LogP contribution in [0.25, 0.3) is 6.08 Å². The number of ketones is 1. The summed E-state index contributed by atoms with van der Waals surface area (Å²) in [6, 6.07) is 15.0. The Bertz CT molecular complexity index is 630. The largest absolute Gasteiger partial charge is 0.378 e. The Balaban J connectivity index is 2.11. The van der Waals surface area contributed by atoms with Crippen LogP contribution in [0.4, 0.5) is 5.69 Å². The van der Waals surface area contributed by atoms with Crippen molar-refractivity contribution in [3.8, 4) is 0 Å². The van der Waals surface area contributed by atoms with E-state index in [1.807, 2.05) is 49.3 Å². The van der Waals surface area contributed by atoms with Crippen LogP contribution in [0.5, 0.6) is 0 Å². The van der Waals surface area contributed by atoms with E-state index in [2.05, 4.69) is 0 Å². The molecule has 0 saturated carbocycles. The molecule has 102 valence electrons. The van der Waals surface area contributed by atoms with Crippen molar-refractivity contribution >= 4 is 29.1 Å². The summed E-state index contributed by atoms with van der Waals surface area (Å²) in [6.45, 7) is 0. The van der Waals surface area contributed by atoms with E-state index in [9.17, 15) is 4.79 Å². The van der Waals surface area contributed by atoms with Crippen molar-refractivity contribution in [3.63, 3.8) is 0 Å². The van der Waals surface area contributed by atoms with Gasteiger partial charge in [-0.1, -0.05) is 41.9 Å². The minimum absolute atomic E-state index is 0.0517. The number of hydrogen-bond donors (Lipinski definition) is 0. The van der Waals surface area contributed by atoms with Crippen molar-refractivity contribution < 1.29 is 4.79 Å². The van der Waals surface area contributed by atoms with Gasteiger partial charge in [0.25, 0.3) is 0 Å². The lowest BCUT2D eigenvalue weighted by molar-refractivity contribution is 0.104. The fourth-order valence-corrected chi connectivity index (χ4v) is 1.98. The summed E-state index contributed by atoms with van der Waals surface area (Å²) in [6.07, 6.45) is 3.37. The summed E-state index contributed by atoms with van der Waals surface area (Å²) in [5.41, 5.74) is 2.72. The molecule has 0 aliphatic rings. The molecule has 2 rings (SSSR count). The topological polar surface area (TPSA) is 20.3 Å². The molecule has 0 fully saturated rings. The van der Waals surface area contributed by atoms with E-state index >= 15 is 0 Å². The van der Waals surface area contributed by atoms with Crippen LogP contribution >= 0.6 is 11.6 Å². The molecule has 0 aromatic heterocycles. The zero-order valence-electron chi connectivity index (χ0n) is 11.5. The molecule has 0 saturated heterocycles. The van der Waals surface area contributed by atoms with Crippen LogP contribution in [-0.2, 0) is 0 Å². The molecule has 0 radical (unpaired) electrons. The number of benzene rings is 2. The second-order valence-corrected chi connectivity index (χ2v) is 5.13. The van der Waals surface area contributed by atoms with Gasteiger partial charge in [0.1, 0.15) is 0 Å². The SMILES string of the molecule is CN(C)c1ccc(C=CC(=O)c2cccc(Cl)c2)cc1. The molecule has 0 bridgehead atoms. The fraction of sp³-hybridized carbons (Fsp3) is 0.118. The number of anilines is 1. The van der Waals surface area contributed by atoms with Gasteiger partial charge in [0, 0.05) is 30.4 Å². The summed E-state index contributed by atoms with van der Waals surface area (Å²) in [5.74, 6) is -0.0517. The summed E-state index contributed by atoms with van der Waals surface area (Å²) in [7, 11) is 3.99. The first-order valence-electron chi connectivity index (χ1n) is 6.31. The first-order valence-corrected chi connectivity index (χ1v) is 6.69. The fourth-order valence-electron chi connectivity index (χ4n) is 1.79. The Morgan fingerprint density at radius 3 is 2.40 bits per heavy atom. The zero-order chi connectivity index (χ0) is 14.5. The molecule has 0 spiro atoms. The number of nitrogens with zero attached hydrogens (tertiary/aromatic N) is 1. The lowest BCUT2D eigenvalue weighted by atomic mass is 10.1. The van der Waals surface area contributed by atoms with E-state index in [1.54, 1.807) is 30.3 Å². The Morgan fingerprint density at radius 1 is 1.10 bits per heavy atom. The molecule has 0 heterocycles. The minimum Gasteiger partial charge on any atom is -0.378 e. The molecule has 2 aromatic carbocycles. The maximum atomic E-state index is 12.0. The number of allylic oxidation sites excluding steroid dienone is 1. The van der Waals surface area contributed by atoms with E-state index < -0.39 is 0 Å². The summed E-state index contributed by atoms with van der Waals surface area (Å²) >= 11 is 5.87. The van der Waals surface area contributed by atoms with Gasteiger partial charge in [-0.25, -0.2) is 0 Å². The van der Waals surface area contributed by atoms with Gasteiger partial charge in [0.2, 0.25) is 0 Å². The zero-order valence-corrected chi connectivity index (χ0v) is 12.3. The van der Waals surface area contributed by atoms with Crippen molar-refractivity contribution in [2.75, 3.05) is 19.0 Å². The maximum absolute atomic E-state index is 12.0. The van der Waals surface area contributed by atoms with Gasteiger partial charge < -0.3 is 4.90 Å². The van der Waals surface area contributed by atoms with Crippen LogP contribution in [0.3, 0.4) is 0 Å². The summed E-state index contributed by atoms with van der Waals surface area (Å²) < 4.78 is 0. The maximum Gasteiger partial charge on any atom is 0.185 e. The van der Waals surface area contributed by atoms with Gasteiger partial charge in [0.15, 0.2) is 5.78 Å². The molecule has 0 aliphatic carbocycles. The van der Waals surface area contributed by atoms with E-state index in [0.29, 0.717) is 10.6 Å². The highest BCUT2D eigenvalue weighted by Crippen LogP contribution is 2.15. The Labute approximate surface area is 124 Å². The van der Waals surface area contributed by atoms with Gasteiger partial charge in [-0.3, -0.25) is 4.79 Å². The third-order valence-corrected chi connectivity index (χ3v) is 3.18. The Morgan fingerprint density at radius 2 is 1.80 bits per heavy atom. The molecule has 0 amide bonds. The quantitative estimate of drug-likeness (QED) is 0.616. The molecule has 3 heteroatoms. The monoisotopic (exact) mass is 285 g/mol. The van der Waals surface area contributed by atoms with Crippen molar-refractivity contribution in [3.05, 3.63) is 70.8 Å². The third-order valence-electron chi connectivity index (χ3n) is 2.95. The second-order valence-electron chi connectivity index (χ2n) is 4.69. The normalized spacial score (nSPS) is 10.8. The van der Waals surface area contributed by atoms with E-state index in [4.69, 9.17) is 11.6 Å². The van der Waals surface area contributed by atoms with Crippen LogP contribution in [-0.4, -0.2) is 19.9 Å². The number of halogens is 1. The van der Waals surface area contributed by atoms with Crippen LogP contribution in [0.1, 0.15) is 15.9 Å². The molecule has 2 aromatic rings. The van der Waals surface area contributed by atoms with Crippen LogP contribution < -0.4 is 4.90 Å². The highest BCUT2D eigenvalue weighted by molar-refractivity contribution is 6.31. The van der Waals surface area contributed by atoms with E-state index in [-0.39, 0.29) is 5.78 Å². The predicted octanol–water partition coefficient (Wildman–Crippen LogP) is 4.30. The smallest absolute Gasteiger partial charge is 0.185 e. The number of hydrogen-bond acceptors (Lipinski definition) is 2. The van der Waals surface area contributed by atoms with Gasteiger partial charge in [-0.2, -0.15) is 0 Å². The van der Waals surface area contributed by atoms with Crippen molar-refractivity contribution in [2.45, 2.75) is 0 Å². The summed E-state index contributed by atoms with van der Waals surface area (Å²) in [4.78, 5) is 14.0. The molecular weight excluding hydrogens is 270 g/mol. The molecule has 0 aliphatic heterocycles. The van der Waals surface area contributed by atoms with Gasteiger partial charge >= 0.3 is 0 Å². The number of carbonyl (C=O) groups is 1. The number of carbonyl (C=O) groups excluding carboxylic acids is 1. The standard InChI is InChI=1S/C17H16ClNO/c1-19(2)16-9-6-13(7-10-16)8-11-17(20)14-4-3-5-15(18)12-14/h3-12H,1-2H3. The average molecular weight is 286 g/mol. The molecule has 2 nitrogen and oxygen atoms in total. The highest BCUT2D eigenvalue weighted by Gasteiger charge is 2.02. The molecule has 0 unspecified atom stereocenters. The predicted molar refractivity (Wildman–Crippen MR) is 85.6 cm³/mol. The van der Waals surface area contributed by atoms with Crippen molar-refractivity contribution in [1.82, 2.24) is 0 Å². The number of rotatable bonds is 4. The average Bonchev–Trinajstić information content (AvgIpc) is 2.45. The van der Waals surface area contributed by atoms with Gasteiger partial charge in [0.05, 0.1) is 0 Å². The summed E-state index contributed by atoms with van der Waals surface area (Å²) in [5, 5.41) is 0.569. The first kappa shape index (κ1) is 14.4. The molecular formula is C17H16ClNO. The lowest BCUT2D eigenvalue weighted by Crippen LogP contribution is -2.07. The van der Waals surface area contributed by atoms with Gasteiger partial charge in [-0.15, -0.1) is 0 Å². The van der Waals surface area contributed by atoms with Gasteiger partial charge in [-0.05, 0) is 35.9 Å². The molecule has 20 heavy (non-hydrogen) atoms. The Hall–Kier alpha value is -2.06. The molecule has 0 N–H and O–H groups in total. The van der Waals surface area contributed by atoms with E-state index in [1.165, 1.54) is 0 Å². The van der Waals surface area contributed by atoms with Crippen LogP contribution in [0.15, 0.2) is 54.6 Å². The second kappa shape index (κ2) is 6.40. The highest BCUT2D eigenvalue weighted by atomic mass is 35.5. The van der Waals surface area contributed by atoms with E-state index in [0.717, 1.165) is 11.3 Å². The Kier molecular flexibility index (Phi) is 4.59. The van der Waals surface area contributed by atoms with Crippen molar-refractivity contribution in [2.24, 2.45) is 0 Å².